The zero-order valence-corrected chi connectivity index (χ0v) is 15.1. The molecule has 0 saturated heterocycles. The summed E-state index contributed by atoms with van der Waals surface area (Å²) < 4.78 is 36.3. The summed E-state index contributed by atoms with van der Waals surface area (Å²) in [4.78, 5) is 27.9. The standard InChI is InChI=1S/C16H16F3N3O2S2/c17-16(18,19)9-20-15(24)21-13(23)8-22-5-3-11-10(4-7-26-11)14(22)12-2-1-6-25-12/h1-2,4,6-7,14H,3,5,8-9H2,(H2,20,21,23,24)/t14-/m0/s1. The molecular formula is C16H16F3N3O2S2. The smallest absolute Gasteiger partial charge is 0.329 e. The zero-order chi connectivity index (χ0) is 18.7. The molecule has 0 fully saturated rings. The van der Waals surface area contributed by atoms with Gasteiger partial charge < -0.3 is 5.32 Å². The number of halogens is 3. The maximum Gasteiger partial charge on any atom is 0.405 e. The molecule has 3 amide bonds. The highest BCUT2D eigenvalue weighted by atomic mass is 32.1. The molecule has 3 heterocycles. The van der Waals surface area contributed by atoms with Gasteiger partial charge in [0.2, 0.25) is 5.91 Å². The van der Waals surface area contributed by atoms with Gasteiger partial charge in [0.05, 0.1) is 12.6 Å². The number of carbonyl (C=O) groups is 2. The van der Waals surface area contributed by atoms with E-state index in [-0.39, 0.29) is 12.6 Å². The van der Waals surface area contributed by atoms with Gasteiger partial charge in [-0.15, -0.1) is 22.7 Å². The molecule has 1 atom stereocenters. The molecule has 10 heteroatoms. The van der Waals surface area contributed by atoms with Crippen LogP contribution in [0, 0.1) is 0 Å². The van der Waals surface area contributed by atoms with E-state index in [2.05, 4.69) is 0 Å². The van der Waals surface area contributed by atoms with Crippen LogP contribution < -0.4 is 10.6 Å². The number of fused-ring (bicyclic) bond motifs is 1. The summed E-state index contributed by atoms with van der Waals surface area (Å²) in [6, 6.07) is 4.72. The molecule has 2 aromatic rings. The summed E-state index contributed by atoms with van der Waals surface area (Å²) in [5.41, 5.74) is 1.14. The average molecular weight is 403 g/mol. The Kier molecular flexibility index (Phi) is 5.64. The molecule has 5 nitrogen and oxygen atoms in total. The van der Waals surface area contributed by atoms with Crippen molar-refractivity contribution in [2.45, 2.75) is 18.6 Å². The Morgan fingerprint density at radius 2 is 2.04 bits per heavy atom. The minimum absolute atomic E-state index is 0.0721. The molecule has 26 heavy (non-hydrogen) atoms. The minimum Gasteiger partial charge on any atom is -0.329 e. The first-order valence-corrected chi connectivity index (χ1v) is 9.57. The molecule has 140 valence electrons. The second-order valence-electron chi connectivity index (χ2n) is 5.78. The Bertz CT molecular complexity index is 774. The second-order valence-corrected chi connectivity index (χ2v) is 7.76. The van der Waals surface area contributed by atoms with Crippen molar-refractivity contribution in [1.82, 2.24) is 15.5 Å². The fourth-order valence-electron chi connectivity index (χ4n) is 2.89. The number of carbonyl (C=O) groups excluding carboxylic acids is 2. The number of thiophene rings is 2. The second kappa shape index (κ2) is 7.77. The first-order valence-electron chi connectivity index (χ1n) is 7.81. The van der Waals surface area contributed by atoms with Gasteiger partial charge in [0, 0.05) is 16.3 Å². The van der Waals surface area contributed by atoms with Crippen molar-refractivity contribution in [3.05, 3.63) is 44.3 Å². The highest BCUT2D eigenvalue weighted by molar-refractivity contribution is 7.10. The molecule has 3 rings (SSSR count). The van der Waals surface area contributed by atoms with Crippen LogP contribution in [0.25, 0.3) is 0 Å². The third kappa shape index (κ3) is 4.63. The summed E-state index contributed by atoms with van der Waals surface area (Å²) in [6.45, 7) is -0.920. The molecule has 0 bridgehead atoms. The molecule has 2 N–H and O–H groups in total. The van der Waals surface area contributed by atoms with Crippen molar-refractivity contribution in [2.75, 3.05) is 19.6 Å². The summed E-state index contributed by atoms with van der Waals surface area (Å²) in [6.07, 6.45) is -3.73. The normalized spacial score (nSPS) is 17.6. The van der Waals surface area contributed by atoms with Crippen LogP contribution in [0.1, 0.15) is 21.4 Å². The number of imide groups is 1. The van der Waals surface area contributed by atoms with E-state index in [4.69, 9.17) is 0 Å². The van der Waals surface area contributed by atoms with Gasteiger partial charge in [0.1, 0.15) is 6.54 Å². The van der Waals surface area contributed by atoms with Crippen LogP contribution in [0.4, 0.5) is 18.0 Å². The van der Waals surface area contributed by atoms with Gasteiger partial charge >= 0.3 is 12.2 Å². The predicted molar refractivity (Wildman–Crippen MR) is 93.4 cm³/mol. The van der Waals surface area contributed by atoms with Crippen molar-refractivity contribution in [3.8, 4) is 0 Å². The summed E-state index contributed by atoms with van der Waals surface area (Å²) in [7, 11) is 0. The van der Waals surface area contributed by atoms with Crippen LogP contribution in [-0.2, 0) is 11.2 Å². The van der Waals surface area contributed by atoms with Gasteiger partial charge in [0.25, 0.3) is 0 Å². The first kappa shape index (κ1) is 18.9. The minimum atomic E-state index is -4.52. The van der Waals surface area contributed by atoms with E-state index >= 15 is 0 Å². The van der Waals surface area contributed by atoms with Crippen LogP contribution in [0.3, 0.4) is 0 Å². The van der Waals surface area contributed by atoms with E-state index in [0.29, 0.717) is 6.54 Å². The Morgan fingerprint density at radius 1 is 1.23 bits per heavy atom. The number of hydrogen-bond acceptors (Lipinski definition) is 5. The van der Waals surface area contributed by atoms with E-state index in [1.54, 1.807) is 28.0 Å². The third-order valence-corrected chi connectivity index (χ3v) is 5.85. The summed E-state index contributed by atoms with van der Waals surface area (Å²) in [5.74, 6) is -0.634. The van der Waals surface area contributed by atoms with Gasteiger partial charge in [0.15, 0.2) is 0 Å². The Morgan fingerprint density at radius 3 is 2.73 bits per heavy atom. The zero-order valence-electron chi connectivity index (χ0n) is 13.5. The van der Waals surface area contributed by atoms with Crippen LogP contribution in [-0.4, -0.2) is 42.6 Å². The number of amides is 3. The number of nitrogens with zero attached hydrogens (tertiary/aromatic N) is 1. The maximum atomic E-state index is 12.1. The van der Waals surface area contributed by atoms with Crippen molar-refractivity contribution < 1.29 is 22.8 Å². The van der Waals surface area contributed by atoms with Crippen LogP contribution in [0.15, 0.2) is 29.0 Å². The first-order chi connectivity index (χ1) is 12.3. The molecule has 2 aromatic heterocycles. The molecule has 0 aliphatic carbocycles. The number of nitrogens with one attached hydrogen (secondary N) is 2. The molecule has 1 aliphatic heterocycles. The lowest BCUT2D eigenvalue weighted by molar-refractivity contribution is -0.125. The van der Waals surface area contributed by atoms with Gasteiger partial charge in [-0.2, -0.15) is 13.2 Å². The van der Waals surface area contributed by atoms with Crippen molar-refractivity contribution in [3.63, 3.8) is 0 Å². The number of urea groups is 1. The fraction of sp³-hybridized carbons (Fsp3) is 0.375. The fourth-order valence-corrected chi connectivity index (χ4v) is 4.67. The summed E-state index contributed by atoms with van der Waals surface area (Å²) in [5, 5.41) is 7.56. The molecule has 0 saturated carbocycles. The Labute approximate surface area is 155 Å². The molecule has 0 aromatic carbocycles. The Hall–Kier alpha value is -1.91. The number of alkyl halides is 3. The van der Waals surface area contributed by atoms with Crippen LogP contribution in [0.5, 0.6) is 0 Å². The monoisotopic (exact) mass is 403 g/mol. The lowest BCUT2D eigenvalue weighted by Crippen LogP contribution is -2.48. The van der Waals surface area contributed by atoms with Gasteiger partial charge in [-0.3, -0.25) is 15.0 Å². The molecular weight excluding hydrogens is 387 g/mol. The SMILES string of the molecule is O=C(CN1CCc2sccc2[C@H]1c1cccs1)NC(=O)NCC(F)(F)F. The summed E-state index contributed by atoms with van der Waals surface area (Å²) >= 11 is 3.25. The van der Waals surface area contributed by atoms with Crippen LogP contribution >= 0.6 is 22.7 Å². The molecule has 0 unspecified atom stereocenters. The number of rotatable bonds is 4. The van der Waals surface area contributed by atoms with E-state index < -0.39 is 24.7 Å². The average Bonchev–Trinajstić information content (AvgIpc) is 3.23. The largest absolute Gasteiger partial charge is 0.405 e. The lowest BCUT2D eigenvalue weighted by Gasteiger charge is -2.34. The topological polar surface area (TPSA) is 61.4 Å². The van der Waals surface area contributed by atoms with Crippen LogP contribution in [0.2, 0.25) is 0 Å². The van der Waals surface area contributed by atoms with Crippen molar-refractivity contribution >= 4 is 34.6 Å². The van der Waals surface area contributed by atoms with Gasteiger partial charge in [-0.1, -0.05) is 6.07 Å². The van der Waals surface area contributed by atoms with E-state index in [9.17, 15) is 22.8 Å². The molecule has 1 aliphatic rings. The number of hydrogen-bond donors (Lipinski definition) is 2. The van der Waals surface area contributed by atoms with Crippen molar-refractivity contribution in [1.29, 1.82) is 0 Å². The van der Waals surface area contributed by atoms with E-state index in [0.717, 1.165) is 16.9 Å². The predicted octanol–water partition coefficient (Wildman–Crippen LogP) is 3.15. The highest BCUT2D eigenvalue weighted by Crippen LogP contribution is 2.39. The quantitative estimate of drug-likeness (QED) is 0.825. The van der Waals surface area contributed by atoms with Gasteiger partial charge in [-0.25, -0.2) is 4.79 Å². The molecule has 0 radical (unpaired) electrons. The van der Waals surface area contributed by atoms with Crippen molar-refractivity contribution in [2.24, 2.45) is 0 Å². The van der Waals surface area contributed by atoms with E-state index in [1.807, 2.05) is 39.2 Å². The van der Waals surface area contributed by atoms with Gasteiger partial charge in [-0.05, 0) is 34.9 Å². The Balaban J connectivity index is 1.65. The third-order valence-electron chi connectivity index (χ3n) is 3.93. The highest BCUT2D eigenvalue weighted by Gasteiger charge is 2.32. The maximum absolute atomic E-state index is 12.1. The molecule has 0 spiro atoms. The van der Waals surface area contributed by atoms with E-state index in [1.165, 1.54) is 4.88 Å². The lowest BCUT2D eigenvalue weighted by atomic mass is 9.98.